The monoisotopic (exact) mass is 275 g/mol. The molecule has 2 aromatic carbocycles. The highest BCUT2D eigenvalue weighted by Crippen LogP contribution is 2.37. The third kappa shape index (κ3) is 1.15. The second kappa shape index (κ2) is 3.55. The Bertz CT molecular complexity index is 1040. The van der Waals surface area contributed by atoms with Gasteiger partial charge >= 0.3 is 0 Å². The predicted octanol–water partition coefficient (Wildman–Crippen LogP) is 4.20. The molecule has 20 heavy (non-hydrogen) atoms. The first-order valence-corrected chi connectivity index (χ1v) is 7.33. The van der Waals surface area contributed by atoms with Gasteiger partial charge in [-0.15, -0.1) is 16.4 Å². The summed E-state index contributed by atoms with van der Waals surface area (Å²) in [6, 6.07) is 16.9. The summed E-state index contributed by atoms with van der Waals surface area (Å²) < 4.78 is 1.96. The van der Waals surface area contributed by atoms with E-state index < -0.39 is 0 Å². The van der Waals surface area contributed by atoms with Crippen LogP contribution in [-0.4, -0.2) is 14.8 Å². The van der Waals surface area contributed by atoms with E-state index in [1.807, 2.05) is 4.52 Å². The van der Waals surface area contributed by atoms with Crippen molar-refractivity contribution >= 4 is 38.5 Å². The largest absolute Gasteiger partial charge is 0.211 e. The van der Waals surface area contributed by atoms with Crippen LogP contribution < -0.4 is 0 Å². The van der Waals surface area contributed by atoms with Gasteiger partial charge in [0.05, 0.1) is 10.4 Å². The maximum absolute atomic E-state index is 4.39. The van der Waals surface area contributed by atoms with Crippen LogP contribution in [0.4, 0.5) is 0 Å². The Morgan fingerprint density at radius 1 is 0.950 bits per heavy atom. The number of fused-ring (bicyclic) bond motifs is 3. The van der Waals surface area contributed by atoms with E-state index in [9.17, 15) is 0 Å². The summed E-state index contributed by atoms with van der Waals surface area (Å²) in [7, 11) is 0. The Morgan fingerprint density at radius 2 is 1.85 bits per heavy atom. The zero-order chi connectivity index (χ0) is 13.1. The molecule has 0 saturated carbocycles. The fourth-order valence-corrected chi connectivity index (χ4v) is 3.68. The molecule has 0 amide bonds. The summed E-state index contributed by atoms with van der Waals surface area (Å²) in [5.41, 5.74) is 3.21. The Kier molecular flexibility index (Phi) is 1.84. The van der Waals surface area contributed by atoms with E-state index in [2.05, 4.69) is 64.2 Å². The molecule has 94 valence electrons. The molecule has 0 N–H and O–H groups in total. The van der Waals surface area contributed by atoms with Crippen LogP contribution in [0.2, 0.25) is 0 Å². The molecular weight excluding hydrogens is 266 g/mol. The molecule has 0 aliphatic heterocycles. The van der Waals surface area contributed by atoms with Crippen molar-refractivity contribution in [3.05, 3.63) is 53.9 Å². The summed E-state index contributed by atoms with van der Waals surface area (Å²) in [6.45, 7) is 0. The van der Waals surface area contributed by atoms with Crippen molar-refractivity contribution < 1.29 is 0 Å². The lowest BCUT2D eigenvalue weighted by Gasteiger charge is -1.96. The SMILES string of the molecule is c1csc(-c2nnn3c4cccc5cccc(c54)c23)c1. The molecule has 0 spiro atoms. The van der Waals surface area contributed by atoms with E-state index in [4.69, 9.17) is 0 Å². The Hall–Kier alpha value is -2.46. The van der Waals surface area contributed by atoms with Gasteiger partial charge in [0.1, 0.15) is 11.2 Å². The van der Waals surface area contributed by atoms with Gasteiger partial charge in [-0.3, -0.25) is 0 Å². The first kappa shape index (κ1) is 10.3. The molecule has 0 aliphatic rings. The molecule has 0 unspecified atom stereocenters. The zero-order valence-corrected chi connectivity index (χ0v) is 11.3. The van der Waals surface area contributed by atoms with Gasteiger partial charge in [0.2, 0.25) is 0 Å². The number of hydrogen-bond acceptors (Lipinski definition) is 3. The number of rotatable bonds is 1. The topological polar surface area (TPSA) is 30.2 Å². The molecule has 5 rings (SSSR count). The lowest BCUT2D eigenvalue weighted by atomic mass is 10.1. The average molecular weight is 275 g/mol. The lowest BCUT2D eigenvalue weighted by molar-refractivity contribution is 0.889. The van der Waals surface area contributed by atoms with Crippen molar-refractivity contribution in [2.24, 2.45) is 0 Å². The second-order valence-corrected chi connectivity index (χ2v) is 5.80. The third-order valence-electron chi connectivity index (χ3n) is 3.79. The van der Waals surface area contributed by atoms with Crippen molar-refractivity contribution in [1.82, 2.24) is 14.8 Å². The van der Waals surface area contributed by atoms with Gasteiger partial charge < -0.3 is 0 Å². The zero-order valence-electron chi connectivity index (χ0n) is 10.4. The molecule has 0 bridgehead atoms. The third-order valence-corrected chi connectivity index (χ3v) is 4.67. The van der Waals surface area contributed by atoms with E-state index >= 15 is 0 Å². The lowest BCUT2D eigenvalue weighted by Crippen LogP contribution is -1.82. The molecule has 0 fully saturated rings. The van der Waals surface area contributed by atoms with Crippen LogP contribution in [-0.2, 0) is 0 Å². The molecule has 3 heterocycles. The molecule has 3 aromatic heterocycles. The van der Waals surface area contributed by atoms with E-state index in [0.717, 1.165) is 21.6 Å². The highest BCUT2D eigenvalue weighted by atomic mass is 32.1. The number of benzene rings is 2. The van der Waals surface area contributed by atoms with E-state index in [0.29, 0.717) is 0 Å². The van der Waals surface area contributed by atoms with Gasteiger partial charge in [0, 0.05) is 10.8 Å². The van der Waals surface area contributed by atoms with Crippen LogP contribution in [0.5, 0.6) is 0 Å². The highest BCUT2D eigenvalue weighted by molar-refractivity contribution is 7.13. The molecule has 5 aromatic rings. The van der Waals surface area contributed by atoms with Crippen LogP contribution in [0.3, 0.4) is 0 Å². The van der Waals surface area contributed by atoms with Crippen molar-refractivity contribution in [2.45, 2.75) is 0 Å². The fourth-order valence-electron chi connectivity index (χ4n) is 2.97. The van der Waals surface area contributed by atoms with Crippen LogP contribution in [0.1, 0.15) is 0 Å². The number of nitrogens with zero attached hydrogens (tertiary/aromatic N) is 3. The molecule has 4 heteroatoms. The second-order valence-electron chi connectivity index (χ2n) is 4.86. The molecular formula is C16H9N3S. The smallest absolute Gasteiger partial charge is 0.131 e. The van der Waals surface area contributed by atoms with Gasteiger partial charge in [-0.1, -0.05) is 41.6 Å². The average Bonchev–Trinajstić information content (AvgIpc) is 3.18. The highest BCUT2D eigenvalue weighted by Gasteiger charge is 2.18. The van der Waals surface area contributed by atoms with Crippen LogP contribution in [0.15, 0.2) is 53.9 Å². The van der Waals surface area contributed by atoms with Gasteiger partial charge in [-0.2, -0.15) is 0 Å². The van der Waals surface area contributed by atoms with Crippen LogP contribution in [0, 0.1) is 0 Å². The maximum Gasteiger partial charge on any atom is 0.131 e. The van der Waals surface area contributed by atoms with Crippen molar-refractivity contribution in [1.29, 1.82) is 0 Å². The van der Waals surface area contributed by atoms with Crippen LogP contribution in [0.25, 0.3) is 37.8 Å². The standard InChI is InChI=1S/C16H9N3S/c1-4-10-5-2-7-12-14(10)11(6-1)16-15(17-18-19(12)16)13-8-3-9-20-13/h1-9H. The normalized spacial score (nSPS) is 12.0. The Morgan fingerprint density at radius 3 is 2.70 bits per heavy atom. The maximum atomic E-state index is 4.39. The number of hydrogen-bond donors (Lipinski definition) is 0. The Balaban J connectivity index is 2.08. The van der Waals surface area contributed by atoms with E-state index in [1.165, 1.54) is 16.2 Å². The Labute approximate surface area is 118 Å². The summed E-state index contributed by atoms with van der Waals surface area (Å²) in [5, 5.41) is 14.6. The minimum Gasteiger partial charge on any atom is -0.211 e. The number of thiophene rings is 1. The van der Waals surface area contributed by atoms with Crippen molar-refractivity contribution in [3.63, 3.8) is 0 Å². The molecule has 0 saturated heterocycles. The summed E-state index contributed by atoms with van der Waals surface area (Å²) in [6.07, 6.45) is 0. The van der Waals surface area contributed by atoms with Crippen molar-refractivity contribution in [3.8, 4) is 10.6 Å². The predicted molar refractivity (Wildman–Crippen MR) is 82.5 cm³/mol. The summed E-state index contributed by atoms with van der Waals surface area (Å²) in [5.74, 6) is 0. The molecule has 0 aliphatic carbocycles. The minimum absolute atomic E-state index is 0.976. The summed E-state index contributed by atoms with van der Waals surface area (Å²) in [4.78, 5) is 1.16. The fraction of sp³-hybridized carbons (Fsp3) is 0. The molecule has 3 nitrogen and oxygen atoms in total. The van der Waals surface area contributed by atoms with Gasteiger partial charge in [-0.25, -0.2) is 4.52 Å². The van der Waals surface area contributed by atoms with E-state index in [-0.39, 0.29) is 0 Å². The quantitative estimate of drug-likeness (QED) is 0.459. The molecule has 0 atom stereocenters. The van der Waals surface area contributed by atoms with Gasteiger partial charge in [0.15, 0.2) is 0 Å². The van der Waals surface area contributed by atoms with Gasteiger partial charge in [0.25, 0.3) is 0 Å². The number of aromatic nitrogens is 3. The minimum atomic E-state index is 0.976. The summed E-state index contributed by atoms with van der Waals surface area (Å²) >= 11 is 1.70. The van der Waals surface area contributed by atoms with Gasteiger partial charge in [-0.05, 0) is 22.9 Å². The molecule has 0 radical (unpaired) electrons. The first-order chi connectivity index (χ1) is 9.93. The van der Waals surface area contributed by atoms with Crippen molar-refractivity contribution in [2.75, 3.05) is 0 Å². The van der Waals surface area contributed by atoms with Crippen LogP contribution >= 0.6 is 11.3 Å². The first-order valence-electron chi connectivity index (χ1n) is 6.45. The van der Waals surface area contributed by atoms with E-state index in [1.54, 1.807) is 11.3 Å².